The fourth-order valence-corrected chi connectivity index (χ4v) is 2.94. The van der Waals surface area contributed by atoms with Gasteiger partial charge in [0, 0.05) is 15.0 Å². The van der Waals surface area contributed by atoms with E-state index in [1.807, 2.05) is 12.1 Å². The Bertz CT molecular complexity index is 717. The summed E-state index contributed by atoms with van der Waals surface area (Å²) in [4.78, 5) is 0. The molecule has 1 atom stereocenters. The third kappa shape index (κ3) is 7.77. The van der Waals surface area contributed by atoms with E-state index in [4.69, 9.17) is 18.1 Å². The van der Waals surface area contributed by atoms with Crippen LogP contribution in [-0.4, -0.2) is 29.7 Å². The highest BCUT2D eigenvalue weighted by Gasteiger charge is 2.36. The molecule has 0 radical (unpaired) electrons. The number of hydrogen-bond acceptors (Lipinski definition) is 4. The first kappa shape index (κ1) is 20.4. The molecule has 0 aromatic heterocycles. The Balaban J connectivity index is 0.000000307. The Morgan fingerprint density at radius 1 is 1.00 bits per heavy atom. The molecule has 0 bridgehead atoms. The second-order valence-electron chi connectivity index (χ2n) is 4.72. The van der Waals surface area contributed by atoms with Gasteiger partial charge in [-0.1, -0.05) is 30.3 Å². The topological polar surface area (TPSA) is 77.4 Å². The van der Waals surface area contributed by atoms with E-state index in [1.54, 1.807) is 12.1 Å². The van der Waals surface area contributed by atoms with Gasteiger partial charge < -0.3 is 9.66 Å². The summed E-state index contributed by atoms with van der Waals surface area (Å²) in [6, 6.07) is 18.2. The number of phenolic OH excluding ortho intramolecular Hbond substituents is 1. The lowest BCUT2D eigenvalue weighted by Gasteiger charge is -2.08. The molecule has 0 amide bonds. The number of halogens is 3. The van der Waals surface area contributed by atoms with Gasteiger partial charge in [0.25, 0.3) is 0 Å². The van der Waals surface area contributed by atoms with E-state index >= 15 is 0 Å². The van der Waals surface area contributed by atoms with Gasteiger partial charge in [0.05, 0.1) is 11.5 Å². The van der Waals surface area contributed by atoms with Crippen LogP contribution in [0, 0.1) is 0 Å². The minimum absolute atomic E-state index is 0.316. The van der Waals surface area contributed by atoms with Crippen LogP contribution in [0.15, 0.2) is 54.6 Å². The van der Waals surface area contributed by atoms with Crippen LogP contribution in [0.25, 0.3) is 0 Å². The molecule has 24 heavy (non-hydrogen) atoms. The van der Waals surface area contributed by atoms with E-state index in [-0.39, 0.29) is 0 Å². The van der Waals surface area contributed by atoms with Gasteiger partial charge in [0.15, 0.2) is 10.1 Å². The zero-order chi connectivity index (χ0) is 18.2. The molecule has 9 heteroatoms. The Labute approximate surface area is 139 Å². The molecule has 0 aliphatic heterocycles. The molecule has 0 saturated carbocycles. The van der Waals surface area contributed by atoms with Crippen molar-refractivity contribution in [1.29, 1.82) is 0 Å². The molecule has 2 aromatic carbocycles. The minimum Gasteiger partial charge on any atom is -0.741 e. The second-order valence-corrected chi connectivity index (χ2v) is 7.74. The van der Waals surface area contributed by atoms with Crippen LogP contribution in [0.5, 0.6) is 5.75 Å². The summed E-state index contributed by atoms with van der Waals surface area (Å²) in [5.41, 5.74) is -4.23. The summed E-state index contributed by atoms with van der Waals surface area (Å²) in [5.74, 6) is 0.353. The molecular formula is C15H16F3O4PS. The van der Waals surface area contributed by atoms with Crippen molar-refractivity contribution in [2.75, 3.05) is 6.16 Å². The van der Waals surface area contributed by atoms with Crippen LogP contribution in [0.2, 0.25) is 0 Å². The smallest absolute Gasteiger partial charge is 0.485 e. The van der Waals surface area contributed by atoms with Gasteiger partial charge in [-0.3, -0.25) is 0 Å². The molecule has 0 fully saturated rings. The third-order valence-corrected chi connectivity index (χ3v) is 4.83. The van der Waals surface area contributed by atoms with Crippen molar-refractivity contribution < 1.29 is 31.2 Å². The van der Waals surface area contributed by atoms with E-state index in [9.17, 15) is 13.2 Å². The number of aryl methyl sites for hydroxylation is 1. The zero-order valence-electron chi connectivity index (χ0n) is 12.4. The molecule has 0 aliphatic carbocycles. The summed E-state index contributed by atoms with van der Waals surface area (Å²) < 4.78 is 58.9. The van der Waals surface area contributed by atoms with E-state index < -0.39 is 15.6 Å². The normalized spacial score (nSPS) is 12.0. The predicted molar refractivity (Wildman–Crippen MR) is 88.2 cm³/mol. The van der Waals surface area contributed by atoms with Crippen molar-refractivity contribution in [3.05, 3.63) is 60.2 Å². The summed E-state index contributed by atoms with van der Waals surface area (Å²) >= 11 is 0. The van der Waals surface area contributed by atoms with E-state index in [0.29, 0.717) is 14.3 Å². The molecule has 1 unspecified atom stereocenters. The Kier molecular flexibility index (Phi) is 7.66. The van der Waals surface area contributed by atoms with Gasteiger partial charge in [0.2, 0.25) is 0 Å². The molecule has 2 rings (SSSR count). The Hall–Kier alpha value is -1.63. The van der Waals surface area contributed by atoms with E-state index in [0.717, 1.165) is 6.42 Å². The van der Waals surface area contributed by atoms with Crippen molar-refractivity contribution in [2.24, 2.45) is 0 Å². The van der Waals surface area contributed by atoms with Crippen molar-refractivity contribution in [3.63, 3.8) is 0 Å². The number of alkyl halides is 3. The molecule has 0 aliphatic rings. The second kappa shape index (κ2) is 9.01. The van der Waals surface area contributed by atoms with Crippen LogP contribution in [0.3, 0.4) is 0 Å². The van der Waals surface area contributed by atoms with Crippen LogP contribution >= 0.6 is 8.58 Å². The predicted octanol–water partition coefficient (Wildman–Crippen LogP) is 2.72. The average molecular weight is 380 g/mol. The number of benzene rings is 2. The summed E-state index contributed by atoms with van der Waals surface area (Å²) in [6.45, 7) is 0. The van der Waals surface area contributed by atoms with Crippen LogP contribution < -0.4 is 5.30 Å². The van der Waals surface area contributed by atoms with Crippen molar-refractivity contribution in [3.8, 4) is 5.75 Å². The molecule has 0 heterocycles. The maximum absolute atomic E-state index is 10.7. The lowest BCUT2D eigenvalue weighted by atomic mass is 10.2. The van der Waals surface area contributed by atoms with Gasteiger partial charge in [-0.15, -0.1) is 0 Å². The average Bonchev–Trinajstić information content (AvgIpc) is 2.49. The maximum Gasteiger partial charge on any atom is 0.485 e. The standard InChI is InChI=1S/C14H15OP.CHF3O3S/c15-13-6-8-14(9-7-13)16-11-10-12-4-2-1-3-5-12;2-1(3,4)8(5,6)7/h1-9,15-16H,10-11H2;(H,5,6,7). The highest BCUT2D eigenvalue weighted by molar-refractivity contribution is 7.86. The molecule has 132 valence electrons. The van der Waals surface area contributed by atoms with Gasteiger partial charge in [-0.2, -0.15) is 13.2 Å². The summed E-state index contributed by atoms with van der Waals surface area (Å²) in [6.07, 6.45) is 2.38. The maximum atomic E-state index is 10.7. The summed E-state index contributed by atoms with van der Waals surface area (Å²) in [5, 5.41) is 10.5. The fraction of sp³-hybridized carbons (Fsp3) is 0.200. The SMILES string of the molecule is O=S(=O)([O-])C(F)(F)F.Oc1ccc([PH2+]CCc2ccccc2)cc1. The highest BCUT2D eigenvalue weighted by atomic mass is 32.2. The zero-order valence-corrected chi connectivity index (χ0v) is 14.4. The third-order valence-electron chi connectivity index (χ3n) is 2.83. The molecule has 0 spiro atoms. The van der Waals surface area contributed by atoms with E-state index in [2.05, 4.69) is 30.3 Å². The van der Waals surface area contributed by atoms with Crippen LogP contribution in [-0.2, 0) is 16.5 Å². The number of hydrogen-bond donors (Lipinski definition) is 1. The van der Waals surface area contributed by atoms with Crippen molar-refractivity contribution in [1.82, 2.24) is 0 Å². The van der Waals surface area contributed by atoms with Crippen molar-refractivity contribution in [2.45, 2.75) is 11.9 Å². The van der Waals surface area contributed by atoms with E-state index in [1.165, 1.54) is 17.0 Å². The minimum atomic E-state index is -6.09. The summed E-state index contributed by atoms with van der Waals surface area (Å²) in [7, 11) is -5.77. The molecule has 2 aromatic rings. The molecule has 0 saturated heterocycles. The largest absolute Gasteiger partial charge is 0.741 e. The van der Waals surface area contributed by atoms with Gasteiger partial charge in [-0.05, 0) is 29.8 Å². The Morgan fingerprint density at radius 2 is 1.50 bits per heavy atom. The van der Waals surface area contributed by atoms with Crippen LogP contribution in [0.1, 0.15) is 5.56 Å². The van der Waals surface area contributed by atoms with Crippen LogP contribution in [0.4, 0.5) is 13.2 Å². The first-order valence-electron chi connectivity index (χ1n) is 6.78. The first-order valence-corrected chi connectivity index (χ1v) is 9.58. The van der Waals surface area contributed by atoms with Gasteiger partial charge in [0.1, 0.15) is 5.75 Å². The number of phenols is 1. The lowest BCUT2D eigenvalue weighted by Crippen LogP contribution is -2.21. The lowest BCUT2D eigenvalue weighted by molar-refractivity contribution is -0.0517. The molecule has 4 nitrogen and oxygen atoms in total. The monoisotopic (exact) mass is 380 g/mol. The quantitative estimate of drug-likeness (QED) is 0.503. The van der Waals surface area contributed by atoms with Crippen molar-refractivity contribution >= 4 is 24.0 Å². The van der Waals surface area contributed by atoms with Gasteiger partial charge in [-0.25, -0.2) is 8.42 Å². The fourth-order valence-electron chi connectivity index (χ4n) is 1.66. The highest BCUT2D eigenvalue weighted by Crippen LogP contribution is 2.20. The first-order chi connectivity index (χ1) is 11.1. The number of aromatic hydroxyl groups is 1. The van der Waals surface area contributed by atoms with Gasteiger partial charge >= 0.3 is 5.51 Å². The number of rotatable bonds is 4. The molecule has 1 N–H and O–H groups in total. The Morgan fingerprint density at radius 3 is 1.96 bits per heavy atom. The molecular weight excluding hydrogens is 364 g/mol.